The van der Waals surface area contributed by atoms with Crippen molar-refractivity contribution in [1.82, 2.24) is 0 Å². The van der Waals surface area contributed by atoms with Gasteiger partial charge in [0.2, 0.25) is 5.91 Å². The first kappa shape index (κ1) is 21.7. The van der Waals surface area contributed by atoms with Crippen LogP contribution >= 0.6 is 15.2 Å². The predicted octanol–water partition coefficient (Wildman–Crippen LogP) is -1.23. The number of hydrogen-bond donors (Lipinski definition) is 7. The van der Waals surface area contributed by atoms with Crippen molar-refractivity contribution in [3.05, 3.63) is 12.2 Å². The number of nitrogens with two attached hydrogens (primary N) is 2. The summed E-state index contributed by atoms with van der Waals surface area (Å²) < 4.78 is 21.4. The van der Waals surface area contributed by atoms with Crippen LogP contribution < -0.4 is 11.5 Å². The van der Waals surface area contributed by atoms with Gasteiger partial charge in [0, 0.05) is 12.0 Å². The molecule has 0 aromatic rings. The van der Waals surface area contributed by atoms with Gasteiger partial charge in [0.25, 0.3) is 5.08 Å². The van der Waals surface area contributed by atoms with Gasteiger partial charge in [0.05, 0.1) is 0 Å². The maximum Gasteiger partial charge on any atom is 0.369 e. The maximum absolute atomic E-state index is 10.7. The van der Waals surface area contributed by atoms with Crippen LogP contribution in [0.1, 0.15) is 19.8 Å². The first-order chi connectivity index (χ1) is 8.70. The molecule has 0 aromatic carbocycles. The predicted molar refractivity (Wildman–Crippen MR) is 71.3 cm³/mol. The van der Waals surface area contributed by atoms with Crippen molar-refractivity contribution in [1.29, 1.82) is 0 Å². The average Bonchev–Trinajstić information content (AvgIpc) is 2.23. The van der Waals surface area contributed by atoms with Crippen molar-refractivity contribution < 1.29 is 38.6 Å². The lowest BCUT2D eigenvalue weighted by atomic mass is 10.3. The first-order valence-electron chi connectivity index (χ1n) is 5.19. The van der Waals surface area contributed by atoms with Crippen molar-refractivity contribution >= 4 is 21.1 Å². The lowest BCUT2D eigenvalue weighted by Crippen LogP contribution is -2.29. The Morgan fingerprint density at radius 2 is 1.50 bits per heavy atom. The van der Waals surface area contributed by atoms with Crippen LogP contribution in [0, 0.1) is 0 Å². The summed E-state index contributed by atoms with van der Waals surface area (Å²) in [5, 5.41) is 5.91. The second-order valence-corrected chi connectivity index (χ2v) is 7.91. The zero-order chi connectivity index (χ0) is 16.8. The molecular formula is C8H20N2O8P2. The SMILES string of the molecule is C=C(C)C(N)=O.NCCCC(O)(P(=O)(O)O)P(=O)(O)O. The third-order valence-corrected chi connectivity index (χ3v) is 5.95. The van der Waals surface area contributed by atoms with E-state index in [0.717, 1.165) is 0 Å². The molecule has 0 fully saturated rings. The van der Waals surface area contributed by atoms with E-state index in [9.17, 15) is 19.0 Å². The van der Waals surface area contributed by atoms with E-state index in [2.05, 4.69) is 6.58 Å². The van der Waals surface area contributed by atoms with Gasteiger partial charge in [-0.25, -0.2) is 0 Å². The number of primary amides is 1. The highest BCUT2D eigenvalue weighted by Crippen LogP contribution is 2.69. The zero-order valence-corrected chi connectivity index (χ0v) is 12.6. The molecule has 0 aromatic heterocycles. The average molecular weight is 334 g/mol. The smallest absolute Gasteiger partial charge is 0.368 e. The van der Waals surface area contributed by atoms with Crippen molar-refractivity contribution in [3.8, 4) is 0 Å². The Morgan fingerprint density at radius 1 is 1.20 bits per heavy atom. The highest BCUT2D eigenvalue weighted by molar-refractivity contribution is 7.72. The maximum atomic E-state index is 10.7. The Kier molecular flexibility index (Phi) is 8.71. The molecule has 0 bridgehead atoms. The molecule has 0 aliphatic carbocycles. The van der Waals surface area contributed by atoms with Crippen LogP contribution in [0.4, 0.5) is 0 Å². The lowest BCUT2D eigenvalue weighted by molar-refractivity contribution is -0.114. The fraction of sp³-hybridized carbons (Fsp3) is 0.625. The van der Waals surface area contributed by atoms with E-state index >= 15 is 0 Å². The minimum absolute atomic E-state index is 0.0394. The van der Waals surface area contributed by atoms with Gasteiger partial charge in [-0.2, -0.15) is 0 Å². The van der Waals surface area contributed by atoms with Crippen molar-refractivity contribution in [2.75, 3.05) is 6.54 Å². The van der Waals surface area contributed by atoms with Gasteiger partial charge >= 0.3 is 15.2 Å². The zero-order valence-electron chi connectivity index (χ0n) is 10.8. The van der Waals surface area contributed by atoms with E-state index in [-0.39, 0.29) is 13.0 Å². The molecule has 0 radical (unpaired) electrons. The highest BCUT2D eigenvalue weighted by Gasteiger charge is 2.58. The highest BCUT2D eigenvalue weighted by atomic mass is 31.2. The Balaban J connectivity index is 0. The molecule has 0 spiro atoms. The number of rotatable bonds is 6. The molecule has 0 atom stereocenters. The van der Waals surface area contributed by atoms with E-state index in [1.54, 1.807) is 6.92 Å². The summed E-state index contributed by atoms with van der Waals surface area (Å²) in [4.78, 5) is 44.3. The van der Waals surface area contributed by atoms with Crippen LogP contribution in [-0.4, -0.2) is 42.2 Å². The van der Waals surface area contributed by atoms with E-state index < -0.39 is 32.6 Å². The third-order valence-electron chi connectivity index (χ3n) is 2.07. The van der Waals surface area contributed by atoms with E-state index in [1.165, 1.54) is 0 Å². The number of carbonyl (C=O) groups excluding carboxylic acids is 1. The molecule has 0 saturated carbocycles. The molecule has 1 amide bonds. The summed E-state index contributed by atoms with van der Waals surface area (Å²) in [6, 6.07) is 0. The van der Waals surface area contributed by atoms with Crippen LogP contribution in [0.2, 0.25) is 0 Å². The summed E-state index contributed by atoms with van der Waals surface area (Å²) in [6.07, 6.45) is -0.856. The Labute approximate surface area is 115 Å². The summed E-state index contributed by atoms with van der Waals surface area (Å²) in [5.74, 6) is -0.435. The summed E-state index contributed by atoms with van der Waals surface area (Å²) >= 11 is 0. The van der Waals surface area contributed by atoms with Crippen LogP contribution in [0.3, 0.4) is 0 Å². The van der Waals surface area contributed by atoms with E-state index in [4.69, 9.17) is 31.0 Å². The van der Waals surface area contributed by atoms with Gasteiger partial charge in [-0.05, 0) is 19.9 Å². The Morgan fingerprint density at radius 3 is 1.65 bits per heavy atom. The minimum atomic E-state index is -5.30. The number of hydrogen-bond acceptors (Lipinski definition) is 5. The summed E-state index contributed by atoms with van der Waals surface area (Å²) in [6.45, 7) is 4.81. The van der Waals surface area contributed by atoms with Crippen molar-refractivity contribution in [2.45, 2.75) is 24.8 Å². The molecule has 0 rings (SSSR count). The van der Waals surface area contributed by atoms with Crippen LogP contribution in [-0.2, 0) is 13.9 Å². The monoisotopic (exact) mass is 334 g/mol. The molecule has 0 aliphatic heterocycles. The van der Waals surface area contributed by atoms with Crippen molar-refractivity contribution in [2.24, 2.45) is 11.5 Å². The van der Waals surface area contributed by atoms with Gasteiger partial charge in [-0.15, -0.1) is 0 Å². The largest absolute Gasteiger partial charge is 0.369 e. The quantitative estimate of drug-likeness (QED) is 0.229. The molecule has 10 nitrogen and oxygen atoms in total. The Bertz CT molecular complexity index is 406. The lowest BCUT2D eigenvalue weighted by Gasteiger charge is -2.28. The third kappa shape index (κ3) is 6.74. The fourth-order valence-corrected chi connectivity index (χ4v) is 3.06. The molecule has 9 N–H and O–H groups in total. The molecule has 0 saturated heterocycles. The van der Waals surface area contributed by atoms with Crippen LogP contribution in [0.15, 0.2) is 12.2 Å². The van der Waals surface area contributed by atoms with E-state index in [1.807, 2.05) is 0 Å². The molecule has 0 unspecified atom stereocenters. The molecule has 0 heterocycles. The summed E-state index contributed by atoms with van der Waals surface area (Å²) in [7, 11) is -10.6. The van der Waals surface area contributed by atoms with Gasteiger partial charge in [0.1, 0.15) is 0 Å². The van der Waals surface area contributed by atoms with Gasteiger partial charge in [-0.1, -0.05) is 6.58 Å². The molecule has 20 heavy (non-hydrogen) atoms. The first-order valence-corrected chi connectivity index (χ1v) is 8.42. The molecule has 12 heteroatoms. The van der Waals surface area contributed by atoms with Crippen LogP contribution in [0.25, 0.3) is 0 Å². The Hall–Kier alpha value is -0.570. The van der Waals surface area contributed by atoms with Crippen molar-refractivity contribution in [3.63, 3.8) is 0 Å². The van der Waals surface area contributed by atoms with E-state index in [0.29, 0.717) is 5.57 Å². The van der Waals surface area contributed by atoms with Gasteiger partial charge in [-0.3, -0.25) is 13.9 Å². The fourth-order valence-electron chi connectivity index (χ4n) is 0.800. The standard InChI is InChI=1S/C4H13NO7P2.C4H7NO/c5-3-1-2-4(6,13(7,8)9)14(10,11)12;1-3(2)4(5)6/h6H,1-3,5H2,(H2,7,8,9)(H2,10,11,12);1H2,2H3,(H2,5,6). The molecule has 120 valence electrons. The molecular weight excluding hydrogens is 314 g/mol. The number of amides is 1. The number of aliphatic hydroxyl groups is 1. The minimum Gasteiger partial charge on any atom is -0.368 e. The molecule has 0 aliphatic rings. The van der Waals surface area contributed by atoms with Crippen LogP contribution in [0.5, 0.6) is 0 Å². The normalized spacial score (nSPS) is 12.3. The summed E-state index contributed by atoms with van der Waals surface area (Å²) in [5.41, 5.74) is 10.1. The second kappa shape index (κ2) is 8.02. The van der Waals surface area contributed by atoms with Gasteiger partial charge in [0.15, 0.2) is 0 Å². The van der Waals surface area contributed by atoms with Gasteiger partial charge < -0.3 is 36.1 Å². The second-order valence-electron chi connectivity index (χ2n) is 3.90. The topological polar surface area (TPSA) is 204 Å². The number of carbonyl (C=O) groups is 1.